The molecule has 0 heterocycles. The van der Waals surface area contributed by atoms with E-state index in [0.29, 0.717) is 17.1 Å². The second kappa shape index (κ2) is 7.15. The summed E-state index contributed by atoms with van der Waals surface area (Å²) in [6.07, 6.45) is 0.753. The smallest absolute Gasteiger partial charge is 0.314 e. The van der Waals surface area contributed by atoms with Gasteiger partial charge in [-0.3, -0.25) is 9.59 Å². The minimum Gasteiger partial charge on any atom is -0.399 e. The Balaban J connectivity index is 2.13. The quantitative estimate of drug-likeness (QED) is 0.595. The van der Waals surface area contributed by atoms with Gasteiger partial charge in [0.15, 0.2) is 0 Å². The van der Waals surface area contributed by atoms with Gasteiger partial charge in [0.2, 0.25) is 0 Å². The highest BCUT2D eigenvalue weighted by Crippen LogP contribution is 2.24. The van der Waals surface area contributed by atoms with Crippen molar-refractivity contribution in [3.8, 4) is 0 Å². The predicted octanol–water partition coefficient (Wildman–Crippen LogP) is 3.37. The van der Waals surface area contributed by atoms with E-state index in [2.05, 4.69) is 10.6 Å². The number of carbonyl (C=O) groups is 2. The highest BCUT2D eigenvalue weighted by Gasteiger charge is 2.17. The summed E-state index contributed by atoms with van der Waals surface area (Å²) in [5.41, 5.74) is 8.94. The number of nitrogens with one attached hydrogen (secondary N) is 2. The number of amides is 2. The first-order valence-corrected chi connectivity index (χ1v) is 7.56. The van der Waals surface area contributed by atoms with Crippen molar-refractivity contribution in [3.05, 3.63) is 52.5 Å². The molecule has 2 amide bonds. The van der Waals surface area contributed by atoms with E-state index in [1.165, 1.54) is 6.07 Å². The molecular formula is C17H18ClN3O2. The maximum Gasteiger partial charge on any atom is 0.314 e. The van der Waals surface area contributed by atoms with E-state index >= 15 is 0 Å². The maximum atomic E-state index is 12.1. The van der Waals surface area contributed by atoms with Crippen LogP contribution in [-0.4, -0.2) is 11.8 Å². The Morgan fingerprint density at radius 1 is 1.13 bits per heavy atom. The van der Waals surface area contributed by atoms with Crippen molar-refractivity contribution in [3.63, 3.8) is 0 Å². The minimum absolute atomic E-state index is 0.274. The number of hydrogen-bond acceptors (Lipinski definition) is 3. The topological polar surface area (TPSA) is 84.2 Å². The van der Waals surface area contributed by atoms with Crippen molar-refractivity contribution in [2.75, 3.05) is 16.4 Å². The Labute approximate surface area is 139 Å². The zero-order chi connectivity index (χ0) is 17.0. The standard InChI is InChI=1S/C17H18ClN3O2/c1-3-11-6-4-5-10(2)15(11)21-17(23)16(22)20-14-8-7-12(19)9-13(14)18/h4-9H,3,19H2,1-2H3,(H,20,22)(H,21,23). The molecule has 0 aliphatic carbocycles. The molecule has 0 unspecified atom stereocenters. The summed E-state index contributed by atoms with van der Waals surface area (Å²) in [5.74, 6) is -1.54. The third-order valence-electron chi connectivity index (χ3n) is 3.43. The van der Waals surface area contributed by atoms with Crippen LogP contribution < -0.4 is 16.4 Å². The molecule has 2 aromatic rings. The number of anilines is 3. The third-order valence-corrected chi connectivity index (χ3v) is 3.74. The van der Waals surface area contributed by atoms with E-state index in [9.17, 15) is 9.59 Å². The summed E-state index contributed by atoms with van der Waals surface area (Å²) in [4.78, 5) is 24.2. The van der Waals surface area contributed by atoms with Crippen LogP contribution in [0.4, 0.5) is 17.1 Å². The second-order valence-corrected chi connectivity index (χ2v) is 5.52. The van der Waals surface area contributed by atoms with E-state index in [0.717, 1.165) is 17.5 Å². The molecule has 0 aliphatic rings. The van der Waals surface area contributed by atoms with Crippen LogP contribution in [0.25, 0.3) is 0 Å². The fourth-order valence-electron chi connectivity index (χ4n) is 2.18. The van der Waals surface area contributed by atoms with E-state index in [1.807, 2.05) is 32.0 Å². The zero-order valence-electron chi connectivity index (χ0n) is 12.9. The average molecular weight is 332 g/mol. The monoisotopic (exact) mass is 331 g/mol. The lowest BCUT2D eigenvalue weighted by Gasteiger charge is -2.13. The number of aryl methyl sites for hydroxylation is 2. The van der Waals surface area contributed by atoms with Gasteiger partial charge in [0.25, 0.3) is 0 Å². The Hall–Kier alpha value is -2.53. The summed E-state index contributed by atoms with van der Waals surface area (Å²) in [7, 11) is 0. The van der Waals surface area contributed by atoms with Gasteiger partial charge in [0.1, 0.15) is 0 Å². The number of carbonyl (C=O) groups excluding carboxylic acids is 2. The zero-order valence-corrected chi connectivity index (χ0v) is 13.7. The largest absolute Gasteiger partial charge is 0.399 e. The number of nitrogen functional groups attached to an aromatic ring is 1. The van der Waals surface area contributed by atoms with Crippen LogP contribution in [0.1, 0.15) is 18.1 Å². The van der Waals surface area contributed by atoms with E-state index < -0.39 is 11.8 Å². The van der Waals surface area contributed by atoms with Crippen LogP contribution >= 0.6 is 11.6 Å². The fraction of sp³-hybridized carbons (Fsp3) is 0.176. The summed E-state index contributed by atoms with van der Waals surface area (Å²) < 4.78 is 0. The van der Waals surface area contributed by atoms with Gasteiger partial charge in [-0.05, 0) is 42.7 Å². The van der Waals surface area contributed by atoms with Gasteiger partial charge < -0.3 is 16.4 Å². The highest BCUT2D eigenvalue weighted by molar-refractivity contribution is 6.45. The van der Waals surface area contributed by atoms with Gasteiger partial charge in [0, 0.05) is 11.4 Å². The number of halogens is 1. The number of rotatable bonds is 3. The van der Waals surface area contributed by atoms with Gasteiger partial charge in [-0.1, -0.05) is 36.7 Å². The lowest BCUT2D eigenvalue weighted by Crippen LogP contribution is -2.29. The predicted molar refractivity (Wildman–Crippen MR) is 93.7 cm³/mol. The SMILES string of the molecule is CCc1cccc(C)c1NC(=O)C(=O)Nc1ccc(N)cc1Cl. The molecule has 0 saturated carbocycles. The average Bonchev–Trinajstić information content (AvgIpc) is 2.51. The Bertz CT molecular complexity index is 759. The molecular weight excluding hydrogens is 314 g/mol. The normalized spacial score (nSPS) is 10.2. The molecule has 0 bridgehead atoms. The maximum absolute atomic E-state index is 12.1. The molecule has 0 radical (unpaired) electrons. The van der Waals surface area contributed by atoms with Crippen LogP contribution in [0.5, 0.6) is 0 Å². The van der Waals surface area contributed by atoms with E-state index in [1.54, 1.807) is 12.1 Å². The van der Waals surface area contributed by atoms with E-state index in [-0.39, 0.29) is 5.02 Å². The fourth-order valence-corrected chi connectivity index (χ4v) is 2.42. The van der Waals surface area contributed by atoms with Gasteiger partial charge in [0.05, 0.1) is 10.7 Å². The third kappa shape index (κ3) is 4.02. The summed E-state index contributed by atoms with van der Waals surface area (Å²) in [6.45, 7) is 3.86. The van der Waals surface area contributed by atoms with E-state index in [4.69, 9.17) is 17.3 Å². The van der Waals surface area contributed by atoms with Crippen LogP contribution in [-0.2, 0) is 16.0 Å². The molecule has 23 heavy (non-hydrogen) atoms. The molecule has 6 heteroatoms. The van der Waals surface area contributed by atoms with Crippen LogP contribution in [0, 0.1) is 6.92 Å². The Kier molecular flexibility index (Phi) is 5.24. The number of nitrogens with two attached hydrogens (primary N) is 1. The Morgan fingerprint density at radius 3 is 2.48 bits per heavy atom. The van der Waals surface area contributed by atoms with Crippen molar-refractivity contribution in [2.24, 2.45) is 0 Å². The van der Waals surface area contributed by atoms with Crippen molar-refractivity contribution in [1.29, 1.82) is 0 Å². The first kappa shape index (κ1) is 16.8. The molecule has 0 aromatic heterocycles. The van der Waals surface area contributed by atoms with Crippen molar-refractivity contribution in [2.45, 2.75) is 20.3 Å². The molecule has 0 spiro atoms. The molecule has 5 nitrogen and oxygen atoms in total. The molecule has 2 rings (SSSR count). The first-order valence-electron chi connectivity index (χ1n) is 7.18. The molecule has 0 atom stereocenters. The lowest BCUT2D eigenvalue weighted by molar-refractivity contribution is -0.133. The minimum atomic E-state index is -0.790. The van der Waals surface area contributed by atoms with Gasteiger partial charge in [-0.25, -0.2) is 0 Å². The summed E-state index contributed by atoms with van der Waals surface area (Å²) in [5, 5.41) is 5.41. The number of hydrogen-bond donors (Lipinski definition) is 3. The molecule has 4 N–H and O–H groups in total. The molecule has 0 fully saturated rings. The molecule has 0 saturated heterocycles. The van der Waals surface area contributed by atoms with Crippen LogP contribution in [0.3, 0.4) is 0 Å². The number of benzene rings is 2. The first-order chi connectivity index (χ1) is 10.9. The summed E-state index contributed by atoms with van der Waals surface area (Å²) in [6, 6.07) is 10.4. The Morgan fingerprint density at radius 2 is 1.83 bits per heavy atom. The van der Waals surface area contributed by atoms with Crippen LogP contribution in [0.15, 0.2) is 36.4 Å². The highest BCUT2D eigenvalue weighted by atomic mass is 35.5. The number of para-hydroxylation sites is 1. The van der Waals surface area contributed by atoms with Gasteiger partial charge in [-0.15, -0.1) is 0 Å². The van der Waals surface area contributed by atoms with Gasteiger partial charge in [-0.2, -0.15) is 0 Å². The van der Waals surface area contributed by atoms with Gasteiger partial charge >= 0.3 is 11.8 Å². The second-order valence-electron chi connectivity index (χ2n) is 5.11. The van der Waals surface area contributed by atoms with Crippen molar-refractivity contribution < 1.29 is 9.59 Å². The van der Waals surface area contributed by atoms with Crippen molar-refractivity contribution in [1.82, 2.24) is 0 Å². The van der Waals surface area contributed by atoms with Crippen molar-refractivity contribution >= 4 is 40.5 Å². The molecule has 0 aliphatic heterocycles. The molecule has 2 aromatic carbocycles. The lowest BCUT2D eigenvalue weighted by atomic mass is 10.1. The molecule has 120 valence electrons. The van der Waals surface area contributed by atoms with Crippen LogP contribution in [0.2, 0.25) is 5.02 Å². The summed E-state index contributed by atoms with van der Waals surface area (Å²) >= 11 is 5.98.